The summed E-state index contributed by atoms with van der Waals surface area (Å²) in [6, 6.07) is 4.45. The first-order chi connectivity index (χ1) is 10.3. The van der Waals surface area contributed by atoms with Crippen LogP contribution < -0.4 is 10.0 Å². The van der Waals surface area contributed by atoms with Crippen LogP contribution in [0.3, 0.4) is 0 Å². The first-order valence-electron chi connectivity index (χ1n) is 6.62. The molecule has 124 valence electrons. The van der Waals surface area contributed by atoms with E-state index in [0.29, 0.717) is 13.1 Å². The lowest BCUT2D eigenvalue weighted by Crippen LogP contribution is -2.35. The van der Waals surface area contributed by atoms with Gasteiger partial charge in [-0.05, 0) is 19.2 Å². The van der Waals surface area contributed by atoms with E-state index in [0.717, 1.165) is 0 Å². The highest BCUT2D eigenvalue weighted by Gasteiger charge is 2.21. The highest BCUT2D eigenvalue weighted by molar-refractivity contribution is 7.89. The van der Waals surface area contributed by atoms with Crippen molar-refractivity contribution in [3.8, 4) is 0 Å². The summed E-state index contributed by atoms with van der Waals surface area (Å²) in [5.41, 5.74) is 0. The van der Waals surface area contributed by atoms with Crippen LogP contribution in [0.4, 0.5) is 0 Å². The predicted molar refractivity (Wildman–Crippen MR) is 87.8 cm³/mol. The average molecular weight is 368 g/mol. The smallest absolute Gasteiger partial charge is 0.243 e. The van der Waals surface area contributed by atoms with E-state index in [2.05, 4.69) is 10.0 Å². The molecule has 0 aliphatic rings. The molecule has 2 N–H and O–H groups in total. The van der Waals surface area contributed by atoms with E-state index in [4.69, 9.17) is 23.2 Å². The highest BCUT2D eigenvalue weighted by Crippen LogP contribution is 2.28. The maximum Gasteiger partial charge on any atom is 0.243 e. The summed E-state index contributed by atoms with van der Waals surface area (Å²) in [6.07, 6.45) is 0.0571. The number of nitrogens with one attached hydrogen (secondary N) is 2. The average Bonchev–Trinajstić information content (AvgIpc) is 2.43. The minimum atomic E-state index is -3.86. The fourth-order valence-corrected chi connectivity index (χ4v) is 3.87. The van der Waals surface area contributed by atoms with Crippen LogP contribution in [0.5, 0.6) is 0 Å². The quantitative estimate of drug-likeness (QED) is 0.726. The number of likely N-dealkylation sites (N-methyl/N-ethyl adjacent to an activating group) is 2. The fraction of sp³-hybridized carbons (Fsp3) is 0.462. The van der Waals surface area contributed by atoms with E-state index in [1.165, 1.54) is 17.0 Å². The molecule has 0 aromatic heterocycles. The largest absolute Gasteiger partial charge is 0.344 e. The number of hydrogen-bond donors (Lipinski definition) is 2. The van der Waals surface area contributed by atoms with Crippen LogP contribution in [0.15, 0.2) is 23.1 Å². The van der Waals surface area contributed by atoms with Gasteiger partial charge in [-0.15, -0.1) is 0 Å². The summed E-state index contributed by atoms with van der Waals surface area (Å²) in [6.45, 7) is 1.20. The Labute approximate surface area is 140 Å². The number of halogens is 2. The molecule has 0 saturated heterocycles. The molecule has 0 aliphatic carbocycles. The van der Waals surface area contributed by atoms with Crippen LogP contribution in [0.25, 0.3) is 0 Å². The summed E-state index contributed by atoms with van der Waals surface area (Å²) in [5, 5.41) is 3.01. The lowest BCUT2D eigenvalue weighted by atomic mass is 10.3. The number of carbonyl (C=O) groups excluding carboxylic acids is 1. The summed E-state index contributed by atoms with van der Waals surface area (Å²) in [7, 11) is -0.400. The third-order valence-electron chi connectivity index (χ3n) is 2.94. The standard InChI is InChI=1S/C13H19Cl2N3O3S/c1-16-8-9-18(2)12(19)6-7-17-22(20,21)13-10(14)4-3-5-11(13)15/h3-5,16-17H,6-9H2,1-2H3. The maximum absolute atomic E-state index is 12.2. The van der Waals surface area contributed by atoms with E-state index in [-0.39, 0.29) is 33.8 Å². The minimum Gasteiger partial charge on any atom is -0.344 e. The number of benzene rings is 1. The van der Waals surface area contributed by atoms with Crippen molar-refractivity contribution in [2.45, 2.75) is 11.3 Å². The van der Waals surface area contributed by atoms with Gasteiger partial charge in [0.1, 0.15) is 4.90 Å². The predicted octanol–water partition coefficient (Wildman–Crippen LogP) is 1.34. The van der Waals surface area contributed by atoms with Gasteiger partial charge in [0, 0.05) is 33.1 Å². The normalized spacial score (nSPS) is 11.5. The number of sulfonamides is 1. The van der Waals surface area contributed by atoms with Gasteiger partial charge in [0.05, 0.1) is 10.0 Å². The zero-order valence-corrected chi connectivity index (χ0v) is 14.7. The molecule has 1 aromatic carbocycles. The molecule has 0 heterocycles. The summed E-state index contributed by atoms with van der Waals surface area (Å²) in [4.78, 5) is 13.2. The molecule has 6 nitrogen and oxygen atoms in total. The van der Waals surface area contributed by atoms with Crippen LogP contribution in [0.1, 0.15) is 6.42 Å². The van der Waals surface area contributed by atoms with Gasteiger partial charge in [0.15, 0.2) is 0 Å². The number of nitrogens with zero attached hydrogens (tertiary/aromatic N) is 1. The Morgan fingerprint density at radius 2 is 1.82 bits per heavy atom. The van der Waals surface area contributed by atoms with Crippen LogP contribution in [-0.2, 0) is 14.8 Å². The Morgan fingerprint density at radius 3 is 2.36 bits per heavy atom. The third-order valence-corrected chi connectivity index (χ3v) is 5.36. The zero-order chi connectivity index (χ0) is 16.8. The van der Waals surface area contributed by atoms with Gasteiger partial charge < -0.3 is 10.2 Å². The maximum atomic E-state index is 12.2. The zero-order valence-electron chi connectivity index (χ0n) is 12.4. The Kier molecular flexibility index (Phi) is 7.58. The van der Waals surface area contributed by atoms with E-state index >= 15 is 0 Å². The first-order valence-corrected chi connectivity index (χ1v) is 8.85. The molecule has 0 spiro atoms. The first kappa shape index (κ1) is 19.2. The Balaban J connectivity index is 2.62. The molecular formula is C13H19Cl2N3O3S. The molecule has 0 atom stereocenters. The molecule has 0 radical (unpaired) electrons. The van der Waals surface area contributed by atoms with Crippen LogP contribution >= 0.6 is 23.2 Å². The summed E-state index contributed by atoms with van der Waals surface area (Å²) in [5.74, 6) is -0.150. The number of carbonyl (C=O) groups is 1. The molecule has 1 aromatic rings. The summed E-state index contributed by atoms with van der Waals surface area (Å²) >= 11 is 11.8. The van der Waals surface area contributed by atoms with E-state index in [1.807, 2.05) is 0 Å². The van der Waals surface area contributed by atoms with Crippen molar-refractivity contribution in [3.05, 3.63) is 28.2 Å². The highest BCUT2D eigenvalue weighted by atomic mass is 35.5. The molecule has 1 rings (SSSR count). The van der Waals surface area contributed by atoms with Crippen molar-refractivity contribution >= 4 is 39.1 Å². The van der Waals surface area contributed by atoms with Crippen molar-refractivity contribution in [2.24, 2.45) is 0 Å². The lowest BCUT2D eigenvalue weighted by molar-refractivity contribution is -0.129. The Hall–Kier alpha value is -0.860. The second-order valence-corrected chi connectivity index (χ2v) is 7.14. The molecule has 0 aliphatic heterocycles. The van der Waals surface area contributed by atoms with Crippen LogP contribution in [0, 0.1) is 0 Å². The van der Waals surface area contributed by atoms with Crippen molar-refractivity contribution in [1.29, 1.82) is 0 Å². The second-order valence-electron chi connectivity index (χ2n) is 4.62. The van der Waals surface area contributed by atoms with Gasteiger partial charge >= 0.3 is 0 Å². The van der Waals surface area contributed by atoms with Gasteiger partial charge in [0.2, 0.25) is 15.9 Å². The lowest BCUT2D eigenvalue weighted by Gasteiger charge is -2.17. The molecule has 22 heavy (non-hydrogen) atoms. The minimum absolute atomic E-state index is 0.0212. The van der Waals surface area contributed by atoms with Gasteiger partial charge in [-0.25, -0.2) is 13.1 Å². The number of amides is 1. The molecule has 1 amide bonds. The van der Waals surface area contributed by atoms with E-state index < -0.39 is 10.0 Å². The molecular weight excluding hydrogens is 349 g/mol. The summed E-state index contributed by atoms with van der Waals surface area (Å²) < 4.78 is 26.7. The Morgan fingerprint density at radius 1 is 1.23 bits per heavy atom. The molecule has 0 unspecified atom stereocenters. The van der Waals surface area contributed by atoms with Crippen LogP contribution in [0.2, 0.25) is 10.0 Å². The topological polar surface area (TPSA) is 78.5 Å². The molecule has 0 bridgehead atoms. The molecule has 9 heteroatoms. The van der Waals surface area contributed by atoms with Crippen molar-refractivity contribution in [3.63, 3.8) is 0 Å². The molecule has 0 saturated carbocycles. The second kappa shape index (κ2) is 8.69. The SMILES string of the molecule is CNCCN(C)C(=O)CCNS(=O)(=O)c1c(Cl)cccc1Cl. The van der Waals surface area contributed by atoms with Gasteiger partial charge in [-0.2, -0.15) is 0 Å². The monoisotopic (exact) mass is 367 g/mol. The fourth-order valence-electron chi connectivity index (χ4n) is 1.70. The van der Waals surface area contributed by atoms with Crippen LogP contribution in [-0.4, -0.2) is 53.0 Å². The van der Waals surface area contributed by atoms with E-state index in [9.17, 15) is 13.2 Å². The van der Waals surface area contributed by atoms with Crippen molar-refractivity contribution in [1.82, 2.24) is 14.9 Å². The van der Waals surface area contributed by atoms with Gasteiger partial charge in [-0.3, -0.25) is 4.79 Å². The van der Waals surface area contributed by atoms with Gasteiger partial charge in [-0.1, -0.05) is 29.3 Å². The van der Waals surface area contributed by atoms with Crippen molar-refractivity contribution < 1.29 is 13.2 Å². The molecule has 0 fully saturated rings. The van der Waals surface area contributed by atoms with Gasteiger partial charge in [0.25, 0.3) is 0 Å². The number of hydrogen-bond acceptors (Lipinski definition) is 4. The number of rotatable bonds is 8. The van der Waals surface area contributed by atoms with Crippen molar-refractivity contribution in [2.75, 3.05) is 33.7 Å². The Bertz CT molecular complexity index is 603. The third kappa shape index (κ3) is 5.40. The van der Waals surface area contributed by atoms with E-state index in [1.54, 1.807) is 20.2 Å².